The highest BCUT2D eigenvalue weighted by Crippen LogP contribution is 2.40. The predicted molar refractivity (Wildman–Crippen MR) is 92.1 cm³/mol. The van der Waals surface area contributed by atoms with E-state index in [2.05, 4.69) is 0 Å². The van der Waals surface area contributed by atoms with Gasteiger partial charge in [-0.1, -0.05) is 19.3 Å². The fourth-order valence-electron chi connectivity index (χ4n) is 4.01. The predicted octanol–water partition coefficient (Wildman–Crippen LogP) is 1.38. The van der Waals surface area contributed by atoms with Crippen molar-refractivity contribution in [1.29, 1.82) is 0 Å². The van der Waals surface area contributed by atoms with Crippen molar-refractivity contribution in [3.05, 3.63) is 28.7 Å². The molecule has 1 saturated heterocycles. The van der Waals surface area contributed by atoms with E-state index < -0.39 is 27.3 Å². The molecule has 0 radical (unpaired) electrons. The number of aromatic nitrogens is 1. The smallest absolute Gasteiger partial charge is 0.419 e. The van der Waals surface area contributed by atoms with Crippen LogP contribution in [-0.2, 0) is 26.6 Å². The van der Waals surface area contributed by atoms with Gasteiger partial charge in [0, 0.05) is 19.7 Å². The van der Waals surface area contributed by atoms with Crippen LogP contribution in [0, 0.1) is 0 Å². The third-order valence-electron chi connectivity index (χ3n) is 5.42. The van der Waals surface area contributed by atoms with Crippen LogP contribution in [0.5, 0.6) is 0 Å². The largest absolute Gasteiger partial charge is 0.463 e. The molecule has 1 aliphatic heterocycles. The molecule has 0 unspecified atom stereocenters. The van der Waals surface area contributed by atoms with Crippen molar-refractivity contribution in [2.75, 3.05) is 13.2 Å². The average Bonchev–Trinajstić information content (AvgIpc) is 2.92. The number of carbonyl (C=O) groups is 1. The summed E-state index contributed by atoms with van der Waals surface area (Å²) in [6, 6.07) is 4.34. The fraction of sp³-hybridized carbons (Fsp3) is 0.529. The maximum Gasteiger partial charge on any atom is 0.419 e. The first-order valence-electron chi connectivity index (χ1n) is 8.66. The molecule has 140 valence electrons. The van der Waals surface area contributed by atoms with Gasteiger partial charge < -0.3 is 9.15 Å². The van der Waals surface area contributed by atoms with Crippen molar-refractivity contribution in [1.82, 2.24) is 8.87 Å². The van der Waals surface area contributed by atoms with Gasteiger partial charge in [0.05, 0.1) is 10.4 Å². The SMILES string of the molecule is Cn1c(=O)oc2cc(S(=O)(=O)N3CCOC(=O)C34CCCCC4)ccc21. The normalized spacial score (nSPS) is 21.2. The molecule has 2 aromatic rings. The Bertz CT molecular complexity index is 1030. The average molecular weight is 380 g/mol. The van der Waals surface area contributed by atoms with Gasteiger partial charge in [0.1, 0.15) is 12.1 Å². The van der Waals surface area contributed by atoms with Gasteiger partial charge >= 0.3 is 11.7 Å². The summed E-state index contributed by atoms with van der Waals surface area (Å²) in [4.78, 5) is 24.2. The van der Waals surface area contributed by atoms with E-state index in [1.165, 1.54) is 21.0 Å². The first-order valence-corrected chi connectivity index (χ1v) is 10.1. The third-order valence-corrected chi connectivity index (χ3v) is 7.38. The monoisotopic (exact) mass is 380 g/mol. The van der Waals surface area contributed by atoms with Gasteiger partial charge in [0.25, 0.3) is 0 Å². The number of ether oxygens (including phenoxy) is 1. The van der Waals surface area contributed by atoms with Crippen molar-refractivity contribution < 1.29 is 22.4 Å². The van der Waals surface area contributed by atoms with Crippen molar-refractivity contribution in [3.8, 4) is 0 Å². The summed E-state index contributed by atoms with van der Waals surface area (Å²) in [6.45, 7) is 0.174. The summed E-state index contributed by atoms with van der Waals surface area (Å²) in [5.41, 5.74) is -0.405. The Hall–Kier alpha value is -2.13. The molecule has 1 aliphatic carbocycles. The van der Waals surface area contributed by atoms with Gasteiger partial charge in [-0.15, -0.1) is 0 Å². The van der Waals surface area contributed by atoms with E-state index in [9.17, 15) is 18.0 Å². The number of carbonyl (C=O) groups excluding carboxylic acids is 1. The number of benzene rings is 1. The lowest BCUT2D eigenvalue weighted by molar-refractivity contribution is -0.165. The maximum atomic E-state index is 13.3. The Morgan fingerprint density at radius 3 is 2.58 bits per heavy atom. The van der Waals surface area contributed by atoms with Crippen LogP contribution >= 0.6 is 0 Å². The minimum atomic E-state index is -3.94. The zero-order valence-corrected chi connectivity index (χ0v) is 15.3. The zero-order chi connectivity index (χ0) is 18.5. The summed E-state index contributed by atoms with van der Waals surface area (Å²) in [5.74, 6) is -1.01. The highest BCUT2D eigenvalue weighted by Gasteiger charge is 2.53. The van der Waals surface area contributed by atoms with Crippen LogP contribution < -0.4 is 5.76 Å². The van der Waals surface area contributed by atoms with Gasteiger partial charge in [0.15, 0.2) is 5.58 Å². The molecule has 0 atom stereocenters. The molecular weight excluding hydrogens is 360 g/mol. The van der Waals surface area contributed by atoms with E-state index in [-0.39, 0.29) is 23.6 Å². The van der Waals surface area contributed by atoms with E-state index in [0.717, 1.165) is 19.3 Å². The van der Waals surface area contributed by atoms with Crippen LogP contribution in [0.1, 0.15) is 32.1 Å². The second-order valence-electron chi connectivity index (χ2n) is 6.86. The van der Waals surface area contributed by atoms with Gasteiger partial charge in [-0.2, -0.15) is 4.31 Å². The Morgan fingerprint density at radius 1 is 1.12 bits per heavy atom. The lowest BCUT2D eigenvalue weighted by Crippen LogP contribution is -2.62. The van der Waals surface area contributed by atoms with E-state index in [4.69, 9.17) is 9.15 Å². The van der Waals surface area contributed by atoms with E-state index in [1.54, 1.807) is 13.1 Å². The molecule has 9 heteroatoms. The van der Waals surface area contributed by atoms with Gasteiger partial charge in [-0.3, -0.25) is 9.36 Å². The van der Waals surface area contributed by atoms with Crippen molar-refractivity contribution in [3.63, 3.8) is 0 Å². The number of rotatable bonds is 2. The van der Waals surface area contributed by atoms with E-state index in [1.807, 2.05) is 0 Å². The number of oxazole rings is 1. The molecule has 1 aromatic heterocycles. The molecule has 0 amide bonds. The molecule has 8 nitrogen and oxygen atoms in total. The maximum absolute atomic E-state index is 13.3. The number of aryl methyl sites for hydroxylation is 1. The number of hydrogen-bond donors (Lipinski definition) is 0. The minimum absolute atomic E-state index is 0.0130. The van der Waals surface area contributed by atoms with E-state index in [0.29, 0.717) is 18.4 Å². The topological polar surface area (TPSA) is 98.8 Å². The number of fused-ring (bicyclic) bond motifs is 1. The summed E-state index contributed by atoms with van der Waals surface area (Å²) in [6.07, 6.45) is 3.48. The lowest BCUT2D eigenvalue weighted by Gasteiger charge is -2.45. The first kappa shape index (κ1) is 17.3. The molecule has 1 aromatic carbocycles. The van der Waals surface area contributed by atoms with Crippen LogP contribution in [0.4, 0.5) is 0 Å². The fourth-order valence-corrected chi connectivity index (χ4v) is 5.80. The second-order valence-corrected chi connectivity index (χ2v) is 8.72. The van der Waals surface area contributed by atoms with Gasteiger partial charge in [-0.05, 0) is 25.0 Å². The Morgan fingerprint density at radius 2 is 1.85 bits per heavy atom. The molecule has 2 aliphatic rings. The van der Waals surface area contributed by atoms with Gasteiger partial charge in [-0.25, -0.2) is 13.2 Å². The Kier molecular flexibility index (Phi) is 3.96. The Labute approximate surface area is 150 Å². The number of cyclic esters (lactones) is 1. The van der Waals surface area contributed by atoms with Crippen LogP contribution in [0.15, 0.2) is 32.3 Å². The second kappa shape index (κ2) is 5.95. The molecule has 0 bridgehead atoms. The standard InChI is InChI=1S/C17H20N2O6S/c1-18-13-6-5-12(11-14(13)25-16(18)21)26(22,23)19-9-10-24-15(20)17(19)7-3-2-4-8-17/h5-6,11H,2-4,7-10H2,1H3. The molecule has 2 heterocycles. The Balaban J connectivity index is 1.82. The highest BCUT2D eigenvalue weighted by atomic mass is 32.2. The van der Waals surface area contributed by atoms with Gasteiger partial charge in [0.2, 0.25) is 10.0 Å². The molecule has 1 saturated carbocycles. The zero-order valence-electron chi connectivity index (χ0n) is 14.4. The molecule has 0 N–H and O–H groups in total. The third kappa shape index (κ3) is 2.41. The first-order chi connectivity index (χ1) is 12.4. The quantitative estimate of drug-likeness (QED) is 0.730. The van der Waals surface area contributed by atoms with Crippen molar-refractivity contribution >= 4 is 27.1 Å². The highest BCUT2D eigenvalue weighted by molar-refractivity contribution is 7.89. The molecule has 2 fully saturated rings. The summed E-state index contributed by atoms with van der Waals surface area (Å²) in [5, 5.41) is 0. The molecule has 26 heavy (non-hydrogen) atoms. The summed E-state index contributed by atoms with van der Waals surface area (Å²) in [7, 11) is -2.38. The van der Waals surface area contributed by atoms with Crippen LogP contribution in [0.2, 0.25) is 0 Å². The van der Waals surface area contributed by atoms with Crippen LogP contribution in [0.3, 0.4) is 0 Å². The number of esters is 1. The summed E-state index contributed by atoms with van der Waals surface area (Å²) >= 11 is 0. The molecule has 1 spiro atoms. The van der Waals surface area contributed by atoms with E-state index >= 15 is 0 Å². The number of hydrogen-bond acceptors (Lipinski definition) is 6. The number of nitrogens with zero attached hydrogens (tertiary/aromatic N) is 2. The number of morpholine rings is 1. The number of sulfonamides is 1. The minimum Gasteiger partial charge on any atom is -0.463 e. The van der Waals surface area contributed by atoms with Crippen molar-refractivity contribution in [2.45, 2.75) is 42.5 Å². The van der Waals surface area contributed by atoms with Crippen LogP contribution in [0.25, 0.3) is 11.1 Å². The molecular formula is C17H20N2O6S. The van der Waals surface area contributed by atoms with Crippen molar-refractivity contribution in [2.24, 2.45) is 7.05 Å². The lowest BCUT2D eigenvalue weighted by atomic mass is 9.81. The summed E-state index contributed by atoms with van der Waals surface area (Å²) < 4.78 is 39.6. The van der Waals surface area contributed by atoms with Crippen LogP contribution in [-0.4, -0.2) is 41.9 Å². The molecule has 4 rings (SSSR count).